The van der Waals surface area contributed by atoms with Crippen molar-refractivity contribution in [2.45, 2.75) is 40.5 Å². The molecule has 0 bridgehead atoms. The van der Waals surface area contributed by atoms with Crippen LogP contribution in [0, 0.1) is 6.92 Å². The number of hydrogen-bond donors (Lipinski definition) is 3. The van der Waals surface area contributed by atoms with Crippen LogP contribution in [0.15, 0.2) is 24.3 Å². The minimum atomic E-state index is -0.212. The molecule has 8 heteroatoms. The monoisotopic (exact) mass is 381 g/mol. The van der Waals surface area contributed by atoms with E-state index in [1.165, 1.54) is 12.5 Å². The van der Waals surface area contributed by atoms with Crippen LogP contribution in [0.3, 0.4) is 0 Å². The Hall–Kier alpha value is -3.16. The Labute approximate surface area is 164 Å². The smallest absolute Gasteiger partial charge is 0.233 e. The highest BCUT2D eigenvalue weighted by Gasteiger charge is 2.18. The molecule has 0 radical (unpaired) electrons. The molecule has 0 unspecified atom stereocenters. The van der Waals surface area contributed by atoms with E-state index in [-0.39, 0.29) is 11.9 Å². The molecule has 2 heterocycles. The van der Waals surface area contributed by atoms with Crippen molar-refractivity contribution in [1.29, 1.82) is 0 Å². The number of carbonyl (C=O) groups excluding carboxylic acids is 1. The van der Waals surface area contributed by atoms with Crippen LogP contribution in [0.4, 0.5) is 23.4 Å². The number of H-pyrrole nitrogens is 1. The van der Waals surface area contributed by atoms with Gasteiger partial charge in [-0.1, -0.05) is 31.5 Å². The van der Waals surface area contributed by atoms with Gasteiger partial charge in [0.05, 0.1) is 0 Å². The van der Waals surface area contributed by atoms with Gasteiger partial charge in [-0.25, -0.2) is 0 Å². The molecule has 2 aromatic heterocycles. The van der Waals surface area contributed by atoms with Gasteiger partial charge < -0.3 is 15.2 Å². The number of rotatable bonds is 8. The molecule has 1 amide bonds. The molecule has 28 heavy (non-hydrogen) atoms. The largest absolute Gasteiger partial charge is 0.355 e. The Bertz CT molecular complexity index is 943. The van der Waals surface area contributed by atoms with Crippen LogP contribution in [-0.2, 0) is 4.79 Å². The molecule has 1 aromatic carbocycles. The van der Waals surface area contributed by atoms with Gasteiger partial charge in [-0.05, 0) is 31.9 Å². The molecule has 0 aliphatic heterocycles. The summed E-state index contributed by atoms with van der Waals surface area (Å²) in [6.45, 7) is 9.48. The van der Waals surface area contributed by atoms with Gasteiger partial charge in [0.2, 0.25) is 17.8 Å². The van der Waals surface area contributed by atoms with Crippen molar-refractivity contribution in [3.05, 3.63) is 29.8 Å². The van der Waals surface area contributed by atoms with Gasteiger partial charge in [0.25, 0.3) is 0 Å². The number of aromatic nitrogens is 4. The molecule has 3 rings (SSSR count). The highest BCUT2D eigenvalue weighted by Crippen LogP contribution is 2.27. The predicted octanol–water partition coefficient (Wildman–Crippen LogP) is 3.99. The maximum atomic E-state index is 11.5. The number of imidazole rings is 1. The second kappa shape index (κ2) is 8.69. The van der Waals surface area contributed by atoms with E-state index in [1.807, 2.05) is 31.2 Å². The number of benzene rings is 1. The fraction of sp³-hybridized carbons (Fsp3) is 0.400. The minimum absolute atomic E-state index is 0.212. The SMILES string of the molecule is CCCN(CCC)c1nc(NC(C)=O)nc2nc(Nc3ccc(C)cc3)[nH]c12. The lowest BCUT2D eigenvalue weighted by molar-refractivity contribution is -0.114. The van der Waals surface area contributed by atoms with Crippen LogP contribution in [0.1, 0.15) is 39.2 Å². The first-order valence-corrected chi connectivity index (χ1v) is 9.64. The van der Waals surface area contributed by atoms with Crippen LogP contribution in [-0.4, -0.2) is 38.9 Å². The van der Waals surface area contributed by atoms with Gasteiger partial charge in [0.15, 0.2) is 11.5 Å². The van der Waals surface area contributed by atoms with Crippen molar-refractivity contribution in [2.24, 2.45) is 0 Å². The van der Waals surface area contributed by atoms with Crippen molar-refractivity contribution in [3.63, 3.8) is 0 Å². The highest BCUT2D eigenvalue weighted by molar-refractivity contribution is 5.91. The second-order valence-corrected chi connectivity index (χ2v) is 6.81. The third-order valence-electron chi connectivity index (χ3n) is 4.22. The summed E-state index contributed by atoms with van der Waals surface area (Å²) in [7, 11) is 0. The Morgan fingerprint density at radius 2 is 1.75 bits per heavy atom. The van der Waals surface area contributed by atoms with E-state index in [1.54, 1.807) is 0 Å². The van der Waals surface area contributed by atoms with Gasteiger partial charge in [0, 0.05) is 25.7 Å². The normalized spacial score (nSPS) is 10.9. The number of amides is 1. The van der Waals surface area contributed by atoms with Gasteiger partial charge >= 0.3 is 0 Å². The van der Waals surface area contributed by atoms with E-state index in [2.05, 4.69) is 49.3 Å². The fourth-order valence-electron chi connectivity index (χ4n) is 3.02. The molecule has 3 aromatic rings. The molecule has 0 saturated heterocycles. The number of nitrogens with zero attached hydrogens (tertiary/aromatic N) is 4. The van der Waals surface area contributed by atoms with E-state index in [0.717, 1.165) is 43.0 Å². The van der Waals surface area contributed by atoms with Gasteiger partial charge in [0.1, 0.15) is 5.52 Å². The summed E-state index contributed by atoms with van der Waals surface area (Å²) in [5.41, 5.74) is 3.39. The predicted molar refractivity (Wildman–Crippen MR) is 113 cm³/mol. The summed E-state index contributed by atoms with van der Waals surface area (Å²) in [6.07, 6.45) is 1.98. The summed E-state index contributed by atoms with van der Waals surface area (Å²) < 4.78 is 0. The zero-order valence-corrected chi connectivity index (χ0v) is 16.8. The van der Waals surface area contributed by atoms with Crippen molar-refractivity contribution < 1.29 is 4.79 Å². The number of hydrogen-bond acceptors (Lipinski definition) is 6. The fourth-order valence-corrected chi connectivity index (χ4v) is 3.02. The molecule has 0 atom stereocenters. The summed E-state index contributed by atoms with van der Waals surface area (Å²) in [5.74, 6) is 1.39. The second-order valence-electron chi connectivity index (χ2n) is 6.81. The molecular formula is C20H27N7O. The van der Waals surface area contributed by atoms with Crippen LogP contribution in [0.5, 0.6) is 0 Å². The number of carbonyl (C=O) groups is 1. The summed E-state index contributed by atoms with van der Waals surface area (Å²) in [4.78, 5) is 30.6. The van der Waals surface area contributed by atoms with Crippen molar-refractivity contribution in [1.82, 2.24) is 19.9 Å². The molecule has 0 aliphatic carbocycles. The van der Waals surface area contributed by atoms with Crippen LogP contribution in [0.2, 0.25) is 0 Å². The number of aryl methyl sites for hydroxylation is 1. The van der Waals surface area contributed by atoms with E-state index >= 15 is 0 Å². The standard InChI is InChI=1S/C20H27N7O/c1-5-11-27(12-6-2)18-16-17(24-19(26-18)21-14(4)28)25-20(23-16)22-15-9-7-13(3)8-10-15/h7-10H,5-6,11-12H2,1-4H3,(H3,21,22,23,24,25,26,28). The molecule has 3 N–H and O–H groups in total. The maximum Gasteiger partial charge on any atom is 0.233 e. The quantitative estimate of drug-likeness (QED) is 0.546. The first-order valence-electron chi connectivity index (χ1n) is 9.64. The third-order valence-corrected chi connectivity index (χ3v) is 4.22. The van der Waals surface area contributed by atoms with E-state index in [9.17, 15) is 4.79 Å². The Morgan fingerprint density at radius 3 is 2.36 bits per heavy atom. The lowest BCUT2D eigenvalue weighted by atomic mass is 10.2. The Morgan fingerprint density at radius 1 is 1.07 bits per heavy atom. The lowest BCUT2D eigenvalue weighted by Gasteiger charge is -2.23. The molecular weight excluding hydrogens is 354 g/mol. The highest BCUT2D eigenvalue weighted by atomic mass is 16.1. The van der Waals surface area contributed by atoms with E-state index in [0.29, 0.717) is 11.6 Å². The number of aromatic amines is 1. The topological polar surface area (TPSA) is 98.8 Å². The Kier molecular flexibility index (Phi) is 6.08. The molecule has 0 saturated carbocycles. The van der Waals surface area contributed by atoms with Crippen molar-refractivity contribution >= 4 is 40.5 Å². The minimum Gasteiger partial charge on any atom is -0.355 e. The third kappa shape index (κ3) is 4.57. The van der Waals surface area contributed by atoms with E-state index < -0.39 is 0 Å². The maximum absolute atomic E-state index is 11.5. The average molecular weight is 381 g/mol. The molecule has 0 spiro atoms. The van der Waals surface area contributed by atoms with Crippen molar-refractivity contribution in [3.8, 4) is 0 Å². The molecule has 0 fully saturated rings. The van der Waals surface area contributed by atoms with Crippen LogP contribution < -0.4 is 15.5 Å². The Balaban J connectivity index is 2.03. The molecule has 148 valence electrons. The van der Waals surface area contributed by atoms with Gasteiger partial charge in [-0.15, -0.1) is 0 Å². The number of nitrogens with one attached hydrogen (secondary N) is 3. The first-order chi connectivity index (χ1) is 13.5. The molecule has 8 nitrogen and oxygen atoms in total. The zero-order valence-electron chi connectivity index (χ0n) is 16.8. The number of anilines is 4. The lowest BCUT2D eigenvalue weighted by Crippen LogP contribution is -2.27. The number of fused-ring (bicyclic) bond motifs is 1. The summed E-state index contributed by atoms with van der Waals surface area (Å²) >= 11 is 0. The van der Waals surface area contributed by atoms with E-state index in [4.69, 9.17) is 0 Å². The van der Waals surface area contributed by atoms with Crippen LogP contribution in [0.25, 0.3) is 11.2 Å². The average Bonchev–Trinajstić information content (AvgIpc) is 3.04. The van der Waals surface area contributed by atoms with Crippen LogP contribution >= 0.6 is 0 Å². The first kappa shape index (κ1) is 19.6. The zero-order chi connectivity index (χ0) is 20.1. The van der Waals surface area contributed by atoms with Gasteiger partial charge in [-0.3, -0.25) is 10.1 Å². The van der Waals surface area contributed by atoms with Gasteiger partial charge in [-0.2, -0.15) is 15.0 Å². The summed E-state index contributed by atoms with van der Waals surface area (Å²) in [5, 5.41) is 5.95. The van der Waals surface area contributed by atoms with Crippen molar-refractivity contribution in [2.75, 3.05) is 28.6 Å². The molecule has 0 aliphatic rings. The summed E-state index contributed by atoms with van der Waals surface area (Å²) in [6, 6.07) is 8.07.